The summed E-state index contributed by atoms with van der Waals surface area (Å²) in [6.45, 7) is 1.43. The summed E-state index contributed by atoms with van der Waals surface area (Å²) in [5.41, 5.74) is 6.23. The average molecular weight is 294 g/mol. The summed E-state index contributed by atoms with van der Waals surface area (Å²) in [5.74, 6) is 1.56. The van der Waals surface area contributed by atoms with Crippen LogP contribution in [0.15, 0.2) is 48.5 Å². The molecule has 2 aromatic carbocycles. The highest BCUT2D eigenvalue weighted by molar-refractivity contribution is 5.43. The Kier molecular flexibility index (Phi) is 6.91. The molecular formula is C16H20ClNO2. The molecule has 20 heavy (non-hydrogen) atoms. The summed E-state index contributed by atoms with van der Waals surface area (Å²) in [5, 5.41) is 0. The number of quaternary nitrogens is 1. The molecule has 0 fully saturated rings. The van der Waals surface area contributed by atoms with Crippen LogP contribution in [0.3, 0.4) is 0 Å². The van der Waals surface area contributed by atoms with Gasteiger partial charge in [-0.05, 0) is 23.3 Å². The van der Waals surface area contributed by atoms with Gasteiger partial charge >= 0.3 is 0 Å². The van der Waals surface area contributed by atoms with Gasteiger partial charge in [0.05, 0.1) is 13.7 Å². The molecule has 2 rings (SSSR count). The van der Waals surface area contributed by atoms with E-state index in [2.05, 4.69) is 11.8 Å². The minimum Gasteiger partial charge on any atom is -1.00 e. The van der Waals surface area contributed by atoms with Crippen molar-refractivity contribution >= 4 is 0 Å². The SMILES string of the molecule is COc1cc(CC[NH3+])ccc1OCc1ccccc1.[Cl-]. The van der Waals surface area contributed by atoms with Crippen LogP contribution in [0, 0.1) is 0 Å². The van der Waals surface area contributed by atoms with Crippen molar-refractivity contribution in [2.45, 2.75) is 13.0 Å². The van der Waals surface area contributed by atoms with Crippen molar-refractivity contribution in [1.29, 1.82) is 0 Å². The van der Waals surface area contributed by atoms with E-state index in [9.17, 15) is 0 Å². The van der Waals surface area contributed by atoms with E-state index in [4.69, 9.17) is 9.47 Å². The molecule has 0 radical (unpaired) electrons. The second kappa shape index (κ2) is 8.46. The Morgan fingerprint density at radius 3 is 2.35 bits per heavy atom. The van der Waals surface area contributed by atoms with Gasteiger partial charge in [-0.1, -0.05) is 36.4 Å². The third-order valence-electron chi connectivity index (χ3n) is 2.93. The second-order valence-electron chi connectivity index (χ2n) is 4.36. The molecule has 0 atom stereocenters. The number of rotatable bonds is 6. The standard InChI is InChI=1S/C16H19NO2.ClH/c1-18-16-11-13(9-10-17)7-8-15(16)19-12-14-5-3-2-4-6-14;/h2-8,11H,9-10,12,17H2,1H3;1H. The molecule has 0 aliphatic rings. The van der Waals surface area contributed by atoms with E-state index < -0.39 is 0 Å². The number of halogens is 1. The zero-order chi connectivity index (χ0) is 13.5. The van der Waals surface area contributed by atoms with Gasteiger partial charge in [-0.25, -0.2) is 0 Å². The summed E-state index contributed by atoms with van der Waals surface area (Å²) >= 11 is 0. The lowest BCUT2D eigenvalue weighted by Crippen LogP contribution is -3.00. The van der Waals surface area contributed by atoms with Crippen LogP contribution in [0.4, 0.5) is 0 Å². The van der Waals surface area contributed by atoms with E-state index in [1.54, 1.807) is 7.11 Å². The fraction of sp³-hybridized carbons (Fsp3) is 0.250. The van der Waals surface area contributed by atoms with Gasteiger partial charge in [0.1, 0.15) is 6.61 Å². The first-order chi connectivity index (χ1) is 9.33. The van der Waals surface area contributed by atoms with Crippen LogP contribution < -0.4 is 27.6 Å². The maximum Gasteiger partial charge on any atom is 0.161 e. The smallest absolute Gasteiger partial charge is 0.161 e. The maximum absolute atomic E-state index is 5.81. The van der Waals surface area contributed by atoms with Gasteiger partial charge < -0.3 is 27.6 Å². The molecule has 3 nitrogen and oxygen atoms in total. The fourth-order valence-electron chi connectivity index (χ4n) is 1.93. The first kappa shape index (κ1) is 16.3. The van der Waals surface area contributed by atoms with Gasteiger partial charge in [-0.2, -0.15) is 0 Å². The Balaban J connectivity index is 0.00000200. The minimum absolute atomic E-state index is 0. The molecule has 0 heterocycles. The quantitative estimate of drug-likeness (QED) is 0.747. The van der Waals surface area contributed by atoms with Crippen molar-refractivity contribution in [2.75, 3.05) is 13.7 Å². The van der Waals surface area contributed by atoms with Crippen molar-refractivity contribution in [1.82, 2.24) is 0 Å². The Morgan fingerprint density at radius 2 is 1.70 bits per heavy atom. The number of hydrogen-bond acceptors (Lipinski definition) is 2. The lowest BCUT2D eigenvalue weighted by atomic mass is 10.1. The zero-order valence-corrected chi connectivity index (χ0v) is 12.4. The molecule has 0 aliphatic heterocycles. The minimum atomic E-state index is 0. The zero-order valence-electron chi connectivity index (χ0n) is 11.6. The highest BCUT2D eigenvalue weighted by atomic mass is 35.5. The summed E-state index contributed by atoms with van der Waals surface area (Å²) in [6.07, 6.45) is 0.954. The van der Waals surface area contributed by atoms with Crippen LogP contribution in [0.5, 0.6) is 11.5 Å². The molecule has 0 spiro atoms. The number of hydrogen-bond donors (Lipinski definition) is 1. The molecule has 0 amide bonds. The van der Waals surface area contributed by atoms with Gasteiger partial charge in [0, 0.05) is 6.42 Å². The molecule has 108 valence electrons. The van der Waals surface area contributed by atoms with Crippen molar-refractivity contribution in [3.63, 3.8) is 0 Å². The maximum atomic E-state index is 5.81. The molecular weight excluding hydrogens is 274 g/mol. The van der Waals surface area contributed by atoms with Crippen molar-refractivity contribution in [3.8, 4) is 11.5 Å². The van der Waals surface area contributed by atoms with Crippen LogP contribution in [-0.4, -0.2) is 13.7 Å². The Bertz CT molecular complexity index is 517. The van der Waals surface area contributed by atoms with Gasteiger partial charge in [0.2, 0.25) is 0 Å². The Labute approximate surface area is 126 Å². The van der Waals surface area contributed by atoms with Gasteiger partial charge in [0.25, 0.3) is 0 Å². The molecule has 0 unspecified atom stereocenters. The molecule has 3 N–H and O–H groups in total. The Morgan fingerprint density at radius 1 is 0.950 bits per heavy atom. The summed E-state index contributed by atoms with van der Waals surface area (Å²) in [4.78, 5) is 0. The largest absolute Gasteiger partial charge is 1.00 e. The average Bonchev–Trinajstić information content (AvgIpc) is 2.47. The van der Waals surface area contributed by atoms with E-state index in [-0.39, 0.29) is 12.4 Å². The first-order valence-corrected chi connectivity index (χ1v) is 6.46. The number of ether oxygens (including phenoxy) is 2. The van der Waals surface area contributed by atoms with E-state index in [0.717, 1.165) is 30.0 Å². The molecule has 0 saturated carbocycles. The topological polar surface area (TPSA) is 46.1 Å². The van der Waals surface area contributed by atoms with Crippen molar-refractivity contribution in [2.24, 2.45) is 0 Å². The summed E-state index contributed by atoms with van der Waals surface area (Å²) in [6, 6.07) is 16.2. The summed E-state index contributed by atoms with van der Waals surface area (Å²) in [7, 11) is 1.67. The van der Waals surface area contributed by atoms with Crippen LogP contribution in [0.25, 0.3) is 0 Å². The van der Waals surface area contributed by atoms with E-state index in [1.165, 1.54) is 5.56 Å². The predicted octanol–water partition coefficient (Wildman–Crippen LogP) is -0.937. The fourth-order valence-corrected chi connectivity index (χ4v) is 1.93. The normalized spacial score (nSPS) is 9.70. The highest BCUT2D eigenvalue weighted by Crippen LogP contribution is 2.28. The van der Waals surface area contributed by atoms with E-state index >= 15 is 0 Å². The van der Waals surface area contributed by atoms with Crippen LogP contribution in [-0.2, 0) is 13.0 Å². The van der Waals surface area contributed by atoms with Gasteiger partial charge in [0.15, 0.2) is 11.5 Å². The number of benzene rings is 2. The molecule has 0 saturated heterocycles. The monoisotopic (exact) mass is 293 g/mol. The lowest BCUT2D eigenvalue weighted by Gasteiger charge is -2.12. The Hall–Kier alpha value is -1.71. The highest BCUT2D eigenvalue weighted by Gasteiger charge is 2.06. The van der Waals surface area contributed by atoms with Crippen molar-refractivity contribution < 1.29 is 27.6 Å². The van der Waals surface area contributed by atoms with Crippen LogP contribution in [0.1, 0.15) is 11.1 Å². The predicted molar refractivity (Wildman–Crippen MR) is 75.2 cm³/mol. The lowest BCUT2D eigenvalue weighted by molar-refractivity contribution is -0.366. The molecule has 0 aromatic heterocycles. The van der Waals surface area contributed by atoms with Gasteiger partial charge in [-0.3, -0.25) is 0 Å². The summed E-state index contributed by atoms with van der Waals surface area (Å²) < 4.78 is 11.2. The third kappa shape index (κ3) is 4.44. The molecule has 2 aromatic rings. The second-order valence-corrected chi connectivity index (χ2v) is 4.36. The molecule has 4 heteroatoms. The third-order valence-corrected chi connectivity index (χ3v) is 2.93. The van der Waals surface area contributed by atoms with Crippen LogP contribution in [0.2, 0.25) is 0 Å². The van der Waals surface area contributed by atoms with E-state index in [1.807, 2.05) is 42.5 Å². The molecule has 0 aliphatic carbocycles. The molecule has 0 bridgehead atoms. The van der Waals surface area contributed by atoms with Crippen molar-refractivity contribution in [3.05, 3.63) is 59.7 Å². The van der Waals surface area contributed by atoms with Crippen LogP contribution >= 0.6 is 0 Å². The number of methoxy groups -OCH3 is 1. The van der Waals surface area contributed by atoms with Gasteiger partial charge in [-0.15, -0.1) is 0 Å². The first-order valence-electron chi connectivity index (χ1n) is 6.46. The van der Waals surface area contributed by atoms with E-state index in [0.29, 0.717) is 6.61 Å².